The molecule has 0 aliphatic heterocycles. The summed E-state index contributed by atoms with van der Waals surface area (Å²) in [5.74, 6) is 0. The van der Waals surface area contributed by atoms with E-state index in [1.807, 2.05) is 53.9 Å². The fourth-order valence-corrected chi connectivity index (χ4v) is 2.82. The van der Waals surface area contributed by atoms with Gasteiger partial charge >= 0.3 is 0 Å². The zero-order valence-electron chi connectivity index (χ0n) is 10.3. The molecule has 5 heteroatoms. The van der Waals surface area contributed by atoms with Gasteiger partial charge in [0.05, 0.1) is 5.69 Å². The fraction of sp³-hybridized carbons (Fsp3) is 0. The minimum Gasteiger partial charge on any atom is -0.332 e. The molecule has 3 aromatic rings. The number of rotatable bonds is 3. The van der Waals surface area contributed by atoms with E-state index >= 15 is 0 Å². The Morgan fingerprint density at radius 1 is 0.950 bits per heavy atom. The van der Waals surface area contributed by atoms with Crippen LogP contribution >= 0.6 is 34.5 Å². The molecule has 0 spiro atoms. The van der Waals surface area contributed by atoms with Gasteiger partial charge in [0.25, 0.3) is 0 Å². The van der Waals surface area contributed by atoms with Crippen LogP contribution in [0.25, 0.3) is 11.3 Å². The van der Waals surface area contributed by atoms with Gasteiger partial charge < -0.3 is 5.32 Å². The molecule has 20 heavy (non-hydrogen) atoms. The van der Waals surface area contributed by atoms with Crippen molar-refractivity contribution >= 4 is 45.4 Å². The van der Waals surface area contributed by atoms with E-state index in [4.69, 9.17) is 23.2 Å². The summed E-state index contributed by atoms with van der Waals surface area (Å²) in [7, 11) is 0. The lowest BCUT2D eigenvalue weighted by Crippen LogP contribution is -1.89. The SMILES string of the molecule is Clc1ccc(Nc2nc(-c3cccc(Cl)c3)cs2)cc1. The highest BCUT2D eigenvalue weighted by atomic mass is 35.5. The summed E-state index contributed by atoms with van der Waals surface area (Å²) in [6.45, 7) is 0. The zero-order chi connectivity index (χ0) is 13.9. The maximum absolute atomic E-state index is 5.99. The van der Waals surface area contributed by atoms with Crippen LogP contribution in [0.15, 0.2) is 53.9 Å². The second-order valence-electron chi connectivity index (χ2n) is 4.18. The highest BCUT2D eigenvalue weighted by molar-refractivity contribution is 7.14. The summed E-state index contributed by atoms with van der Waals surface area (Å²) in [5, 5.41) is 7.52. The highest BCUT2D eigenvalue weighted by Gasteiger charge is 2.05. The molecule has 100 valence electrons. The van der Waals surface area contributed by atoms with Crippen molar-refractivity contribution in [2.24, 2.45) is 0 Å². The van der Waals surface area contributed by atoms with E-state index in [2.05, 4.69) is 10.3 Å². The van der Waals surface area contributed by atoms with Crippen LogP contribution in [0.1, 0.15) is 0 Å². The topological polar surface area (TPSA) is 24.9 Å². The Balaban J connectivity index is 1.82. The van der Waals surface area contributed by atoms with E-state index in [-0.39, 0.29) is 0 Å². The van der Waals surface area contributed by atoms with E-state index < -0.39 is 0 Å². The maximum atomic E-state index is 5.99. The summed E-state index contributed by atoms with van der Waals surface area (Å²) in [6, 6.07) is 15.2. The molecule has 2 nitrogen and oxygen atoms in total. The van der Waals surface area contributed by atoms with Gasteiger partial charge in [0.2, 0.25) is 0 Å². The molecule has 0 atom stereocenters. The third-order valence-electron chi connectivity index (χ3n) is 2.72. The van der Waals surface area contributed by atoms with Crippen LogP contribution in [0.3, 0.4) is 0 Å². The van der Waals surface area contributed by atoms with Crippen molar-refractivity contribution in [3.63, 3.8) is 0 Å². The first kappa shape index (κ1) is 13.4. The number of aromatic nitrogens is 1. The normalized spacial score (nSPS) is 10.5. The molecule has 0 radical (unpaired) electrons. The minimum atomic E-state index is 0.711. The molecule has 3 rings (SSSR count). The molecule has 0 bridgehead atoms. The molecular formula is C15H10Cl2N2S. The van der Waals surface area contributed by atoms with Crippen LogP contribution in [0, 0.1) is 0 Å². The second kappa shape index (κ2) is 5.83. The first-order chi connectivity index (χ1) is 9.70. The van der Waals surface area contributed by atoms with Gasteiger partial charge in [-0.15, -0.1) is 11.3 Å². The van der Waals surface area contributed by atoms with E-state index in [9.17, 15) is 0 Å². The van der Waals surface area contributed by atoms with Gasteiger partial charge in [0.1, 0.15) is 0 Å². The molecule has 0 amide bonds. The fourth-order valence-electron chi connectivity index (χ4n) is 1.77. The number of halogens is 2. The highest BCUT2D eigenvalue weighted by Crippen LogP contribution is 2.28. The zero-order valence-corrected chi connectivity index (χ0v) is 12.6. The molecule has 0 saturated carbocycles. The average Bonchev–Trinajstić information content (AvgIpc) is 2.90. The Morgan fingerprint density at radius 2 is 1.75 bits per heavy atom. The van der Waals surface area contributed by atoms with Gasteiger partial charge in [-0.3, -0.25) is 0 Å². The molecule has 0 aliphatic rings. The van der Waals surface area contributed by atoms with Gasteiger partial charge in [-0.2, -0.15) is 0 Å². The number of hydrogen-bond acceptors (Lipinski definition) is 3. The standard InChI is InChI=1S/C15H10Cl2N2S/c16-11-4-6-13(7-5-11)18-15-19-14(9-20-15)10-2-1-3-12(17)8-10/h1-9H,(H,18,19). The molecule has 1 N–H and O–H groups in total. The maximum Gasteiger partial charge on any atom is 0.187 e. The van der Waals surface area contributed by atoms with E-state index in [0.717, 1.165) is 22.1 Å². The molecule has 0 aliphatic carbocycles. The lowest BCUT2D eigenvalue weighted by Gasteiger charge is -2.02. The van der Waals surface area contributed by atoms with Crippen LogP contribution in [0.5, 0.6) is 0 Å². The van der Waals surface area contributed by atoms with Crippen LogP contribution in [-0.4, -0.2) is 4.98 Å². The smallest absolute Gasteiger partial charge is 0.187 e. The van der Waals surface area contributed by atoms with E-state index in [1.54, 1.807) is 11.3 Å². The minimum absolute atomic E-state index is 0.711. The third kappa shape index (κ3) is 3.12. The van der Waals surface area contributed by atoms with Gasteiger partial charge in [-0.1, -0.05) is 35.3 Å². The molecule has 0 fully saturated rings. The van der Waals surface area contributed by atoms with Gasteiger partial charge in [-0.05, 0) is 36.4 Å². The van der Waals surface area contributed by atoms with Crippen LogP contribution in [0.2, 0.25) is 10.0 Å². The summed E-state index contributed by atoms with van der Waals surface area (Å²) in [6.07, 6.45) is 0. The van der Waals surface area contributed by atoms with Gasteiger partial charge in [0.15, 0.2) is 5.13 Å². The molecule has 0 saturated heterocycles. The number of nitrogens with one attached hydrogen (secondary N) is 1. The summed E-state index contributed by atoms with van der Waals surface area (Å²) in [4.78, 5) is 4.56. The van der Waals surface area contributed by atoms with E-state index in [0.29, 0.717) is 10.0 Å². The Hall–Kier alpha value is -1.55. The number of benzene rings is 2. The quantitative estimate of drug-likeness (QED) is 0.653. The first-order valence-corrected chi connectivity index (χ1v) is 7.58. The van der Waals surface area contributed by atoms with Gasteiger partial charge in [-0.25, -0.2) is 4.98 Å². The van der Waals surface area contributed by atoms with Crippen molar-refractivity contribution in [2.75, 3.05) is 5.32 Å². The van der Waals surface area contributed by atoms with Crippen molar-refractivity contribution < 1.29 is 0 Å². The first-order valence-electron chi connectivity index (χ1n) is 5.95. The largest absolute Gasteiger partial charge is 0.332 e. The molecular weight excluding hydrogens is 311 g/mol. The number of nitrogens with zero attached hydrogens (tertiary/aromatic N) is 1. The Bertz CT molecular complexity index is 723. The van der Waals surface area contributed by atoms with Crippen molar-refractivity contribution in [1.29, 1.82) is 0 Å². The molecule has 2 aromatic carbocycles. The van der Waals surface area contributed by atoms with Crippen LogP contribution in [0.4, 0.5) is 10.8 Å². The van der Waals surface area contributed by atoms with Crippen LogP contribution < -0.4 is 5.32 Å². The van der Waals surface area contributed by atoms with Crippen molar-refractivity contribution in [1.82, 2.24) is 4.98 Å². The summed E-state index contributed by atoms with van der Waals surface area (Å²) < 4.78 is 0. The number of hydrogen-bond donors (Lipinski definition) is 1. The molecule has 1 aromatic heterocycles. The van der Waals surface area contributed by atoms with Crippen molar-refractivity contribution in [2.45, 2.75) is 0 Å². The lowest BCUT2D eigenvalue weighted by atomic mass is 10.2. The van der Waals surface area contributed by atoms with Crippen LogP contribution in [-0.2, 0) is 0 Å². The Kier molecular flexibility index (Phi) is 3.92. The second-order valence-corrected chi connectivity index (χ2v) is 5.91. The average molecular weight is 321 g/mol. The molecule has 0 unspecified atom stereocenters. The molecule has 1 heterocycles. The number of anilines is 2. The predicted molar refractivity (Wildman–Crippen MR) is 87.3 cm³/mol. The lowest BCUT2D eigenvalue weighted by molar-refractivity contribution is 1.38. The number of thiazole rings is 1. The predicted octanol–water partition coefficient (Wildman–Crippen LogP) is 5.86. The van der Waals surface area contributed by atoms with E-state index in [1.165, 1.54) is 0 Å². The summed E-state index contributed by atoms with van der Waals surface area (Å²) >= 11 is 13.4. The third-order valence-corrected chi connectivity index (χ3v) is 3.96. The van der Waals surface area contributed by atoms with Crippen molar-refractivity contribution in [3.05, 3.63) is 64.0 Å². The van der Waals surface area contributed by atoms with Crippen molar-refractivity contribution in [3.8, 4) is 11.3 Å². The monoisotopic (exact) mass is 320 g/mol. The van der Waals surface area contributed by atoms with Gasteiger partial charge in [0, 0.05) is 26.7 Å². The summed E-state index contributed by atoms with van der Waals surface area (Å²) in [5.41, 5.74) is 2.88. The Morgan fingerprint density at radius 3 is 2.50 bits per heavy atom. The Labute approximate surface area is 131 Å².